The van der Waals surface area contributed by atoms with Crippen molar-refractivity contribution >= 4 is 10.0 Å². The van der Waals surface area contributed by atoms with Gasteiger partial charge in [-0.05, 0) is 92.4 Å². The van der Waals surface area contributed by atoms with Crippen LogP contribution in [-0.2, 0) is 22.9 Å². The number of nitrogens with zero attached hydrogens (tertiary/aromatic N) is 2. The lowest BCUT2D eigenvalue weighted by atomic mass is 9.44. The van der Waals surface area contributed by atoms with Gasteiger partial charge >= 0.3 is 0 Å². The van der Waals surface area contributed by atoms with E-state index in [0.717, 1.165) is 56.2 Å². The molecule has 170 valence electrons. The maximum Gasteiger partial charge on any atom is 0.253 e. The van der Waals surface area contributed by atoms with Crippen LogP contribution in [0, 0.1) is 46.8 Å². The second-order valence-electron chi connectivity index (χ2n) is 11.3. The van der Waals surface area contributed by atoms with E-state index in [1.54, 1.807) is 6.20 Å². The van der Waals surface area contributed by atoms with Crippen molar-refractivity contribution in [2.24, 2.45) is 34.5 Å². The van der Waals surface area contributed by atoms with E-state index in [2.05, 4.69) is 24.9 Å². The Morgan fingerprint density at radius 3 is 2.68 bits per heavy atom. The lowest BCUT2D eigenvalue weighted by Gasteiger charge is -2.60. The number of fused-ring (bicyclic) bond motifs is 6. The summed E-state index contributed by atoms with van der Waals surface area (Å²) in [4.78, 5) is 0. The molecule has 0 aliphatic heterocycles. The Morgan fingerprint density at radius 2 is 1.97 bits per heavy atom. The molecule has 4 aliphatic carbocycles. The highest BCUT2D eigenvalue weighted by Crippen LogP contribution is 2.67. The summed E-state index contributed by atoms with van der Waals surface area (Å²) >= 11 is 0. The Bertz CT molecular complexity index is 1040. The molecule has 3 fully saturated rings. The molecule has 0 saturated heterocycles. The number of hydrogen-bond acceptors (Lipinski definition) is 4. The average Bonchev–Trinajstić information content (AvgIpc) is 3.25. The van der Waals surface area contributed by atoms with Gasteiger partial charge in [-0.25, -0.2) is 8.42 Å². The highest BCUT2D eigenvalue weighted by Gasteiger charge is 2.64. The number of terminal acetylenes is 1. The van der Waals surface area contributed by atoms with E-state index in [9.17, 15) is 13.5 Å². The predicted molar refractivity (Wildman–Crippen MR) is 121 cm³/mol. The van der Waals surface area contributed by atoms with Gasteiger partial charge in [-0.3, -0.25) is 0 Å². The van der Waals surface area contributed by atoms with Crippen LogP contribution in [0.4, 0.5) is 0 Å². The summed E-state index contributed by atoms with van der Waals surface area (Å²) in [6.45, 7) is 6.56. The SMILES string of the molecule is C#C[C@]1(O)CCC2C3CC[C@H]4Cc5nn(S(=O)(=O)CCC)cc5C[C@]4(C)C3CC[C@@]21C. The Hall–Kier alpha value is -1.32. The van der Waals surface area contributed by atoms with Crippen LogP contribution in [-0.4, -0.2) is 34.1 Å². The minimum absolute atomic E-state index is 0.136. The Labute approximate surface area is 187 Å². The summed E-state index contributed by atoms with van der Waals surface area (Å²) in [6.07, 6.45) is 16.2. The molecule has 1 N–H and O–H groups in total. The molecule has 0 bridgehead atoms. The van der Waals surface area contributed by atoms with Gasteiger partial charge in [0.1, 0.15) is 5.60 Å². The monoisotopic (exact) mass is 444 g/mol. The van der Waals surface area contributed by atoms with Crippen molar-refractivity contribution in [1.29, 1.82) is 0 Å². The number of aromatic nitrogens is 2. The van der Waals surface area contributed by atoms with E-state index >= 15 is 0 Å². The Kier molecular flexibility index (Phi) is 4.75. The largest absolute Gasteiger partial charge is 0.377 e. The summed E-state index contributed by atoms with van der Waals surface area (Å²) in [6, 6.07) is 0. The van der Waals surface area contributed by atoms with Crippen LogP contribution in [0.15, 0.2) is 6.20 Å². The number of rotatable bonds is 3. The molecular formula is C25H36N2O3S. The van der Waals surface area contributed by atoms with Crippen molar-refractivity contribution in [2.45, 2.75) is 84.2 Å². The minimum Gasteiger partial charge on any atom is -0.377 e. The quantitative estimate of drug-likeness (QED) is 0.720. The molecule has 1 aromatic heterocycles. The number of aliphatic hydroxyl groups is 1. The van der Waals surface area contributed by atoms with Crippen molar-refractivity contribution in [3.63, 3.8) is 0 Å². The van der Waals surface area contributed by atoms with Gasteiger partial charge in [0.25, 0.3) is 10.0 Å². The first kappa shape index (κ1) is 21.5. The fourth-order valence-corrected chi connectivity index (χ4v) is 9.49. The summed E-state index contributed by atoms with van der Waals surface area (Å²) in [5.74, 6) is 5.15. The summed E-state index contributed by atoms with van der Waals surface area (Å²) in [5, 5.41) is 15.7. The van der Waals surface area contributed by atoms with Gasteiger partial charge in [-0.2, -0.15) is 9.19 Å². The first-order valence-corrected chi connectivity index (χ1v) is 13.7. The van der Waals surface area contributed by atoms with Crippen LogP contribution in [0.5, 0.6) is 0 Å². The third-order valence-corrected chi connectivity index (χ3v) is 11.8. The third kappa shape index (κ3) is 2.85. The van der Waals surface area contributed by atoms with Crippen LogP contribution in [0.1, 0.15) is 77.0 Å². The summed E-state index contributed by atoms with van der Waals surface area (Å²) in [7, 11) is -3.36. The summed E-state index contributed by atoms with van der Waals surface area (Å²) in [5.41, 5.74) is 1.14. The van der Waals surface area contributed by atoms with Crippen molar-refractivity contribution in [3.8, 4) is 12.3 Å². The van der Waals surface area contributed by atoms with Crippen LogP contribution >= 0.6 is 0 Å². The second-order valence-corrected chi connectivity index (χ2v) is 13.3. The van der Waals surface area contributed by atoms with Crippen molar-refractivity contribution < 1.29 is 13.5 Å². The molecule has 0 spiro atoms. The van der Waals surface area contributed by atoms with E-state index in [1.807, 2.05) is 6.92 Å². The second kappa shape index (κ2) is 6.84. The van der Waals surface area contributed by atoms with E-state index in [1.165, 1.54) is 10.5 Å². The van der Waals surface area contributed by atoms with E-state index < -0.39 is 15.6 Å². The zero-order valence-corrected chi connectivity index (χ0v) is 19.9. The van der Waals surface area contributed by atoms with Crippen LogP contribution < -0.4 is 0 Å². The molecule has 31 heavy (non-hydrogen) atoms. The smallest absolute Gasteiger partial charge is 0.253 e. The van der Waals surface area contributed by atoms with Crippen molar-refractivity contribution in [2.75, 3.05) is 5.75 Å². The fourth-order valence-electron chi connectivity index (χ4n) is 8.28. The van der Waals surface area contributed by atoms with Gasteiger partial charge in [0.05, 0.1) is 11.4 Å². The zero-order chi connectivity index (χ0) is 22.2. The standard InChI is InChI=1S/C25H36N2O3S/c1-5-13-31(29,30)27-16-17-15-23(3)18(14-22(17)26-27)7-8-19-20(23)9-11-24(4)21(19)10-12-25(24,28)6-2/h2,16,18-21,28H,5,7-15H2,1,3-4H3/t18-,19?,20?,21?,23-,24-,25-/m0/s1. The van der Waals surface area contributed by atoms with Gasteiger partial charge in [-0.15, -0.1) is 6.42 Å². The first-order valence-electron chi connectivity index (χ1n) is 12.1. The van der Waals surface area contributed by atoms with E-state index in [-0.39, 0.29) is 16.6 Å². The Balaban J connectivity index is 1.46. The normalized spacial score (nSPS) is 44.0. The lowest BCUT2D eigenvalue weighted by molar-refractivity contribution is -0.127. The van der Waals surface area contributed by atoms with Crippen LogP contribution in [0.2, 0.25) is 0 Å². The molecule has 5 rings (SSSR count). The lowest BCUT2D eigenvalue weighted by Crippen LogP contribution is -2.56. The maximum absolute atomic E-state index is 12.6. The van der Waals surface area contributed by atoms with Gasteiger partial charge in [0, 0.05) is 11.6 Å². The van der Waals surface area contributed by atoms with Crippen molar-refractivity contribution in [3.05, 3.63) is 17.5 Å². The third-order valence-electron chi connectivity index (χ3n) is 10.1. The minimum atomic E-state index is -3.36. The van der Waals surface area contributed by atoms with Crippen LogP contribution in [0.3, 0.4) is 0 Å². The highest BCUT2D eigenvalue weighted by atomic mass is 32.2. The van der Waals surface area contributed by atoms with Crippen LogP contribution in [0.25, 0.3) is 0 Å². The molecule has 5 nitrogen and oxygen atoms in total. The highest BCUT2D eigenvalue weighted by molar-refractivity contribution is 7.89. The molecule has 0 aromatic carbocycles. The maximum atomic E-state index is 12.6. The van der Waals surface area contributed by atoms with Gasteiger partial charge in [0.15, 0.2) is 0 Å². The van der Waals surface area contributed by atoms with E-state index in [0.29, 0.717) is 30.1 Å². The zero-order valence-electron chi connectivity index (χ0n) is 19.1. The summed E-state index contributed by atoms with van der Waals surface area (Å²) < 4.78 is 26.4. The molecule has 6 heteroatoms. The fraction of sp³-hybridized carbons (Fsp3) is 0.800. The molecule has 0 radical (unpaired) electrons. The molecule has 1 heterocycles. The first-order chi connectivity index (χ1) is 14.6. The van der Waals surface area contributed by atoms with E-state index in [4.69, 9.17) is 6.42 Å². The molecule has 4 aliphatic rings. The average molecular weight is 445 g/mol. The molecular weight excluding hydrogens is 408 g/mol. The van der Waals surface area contributed by atoms with Gasteiger partial charge in [0.2, 0.25) is 0 Å². The predicted octanol–water partition coefficient (Wildman–Crippen LogP) is 3.79. The molecule has 0 amide bonds. The van der Waals surface area contributed by atoms with Crippen molar-refractivity contribution in [1.82, 2.24) is 9.19 Å². The molecule has 1 aromatic rings. The Morgan fingerprint density at radius 1 is 1.23 bits per heavy atom. The molecule has 3 unspecified atom stereocenters. The number of hydrogen-bond donors (Lipinski definition) is 1. The van der Waals surface area contributed by atoms with Gasteiger partial charge in [-0.1, -0.05) is 26.7 Å². The molecule has 7 atom stereocenters. The van der Waals surface area contributed by atoms with Gasteiger partial charge < -0.3 is 5.11 Å². The topological polar surface area (TPSA) is 72.2 Å². The molecule has 3 saturated carbocycles.